The van der Waals surface area contributed by atoms with Crippen LogP contribution in [0.15, 0.2) is 35.0 Å². The smallest absolute Gasteiger partial charge is 0.360 e. The van der Waals surface area contributed by atoms with Crippen LogP contribution >= 0.6 is 0 Å². The fourth-order valence-corrected chi connectivity index (χ4v) is 3.54. The number of carbonyl (C=O) groups is 1. The molecule has 7 heteroatoms. The molecule has 0 amide bonds. The van der Waals surface area contributed by atoms with E-state index in [2.05, 4.69) is 17.2 Å². The number of benzene rings is 1. The van der Waals surface area contributed by atoms with E-state index in [1.54, 1.807) is 20.2 Å². The third-order valence-electron chi connectivity index (χ3n) is 4.87. The van der Waals surface area contributed by atoms with Crippen LogP contribution in [0.25, 0.3) is 11.3 Å². The Bertz CT molecular complexity index is 972. The molecule has 1 unspecified atom stereocenters. The van der Waals surface area contributed by atoms with Crippen molar-refractivity contribution in [2.75, 3.05) is 13.7 Å². The molecule has 7 nitrogen and oxygen atoms in total. The molecule has 2 aromatic heterocycles. The van der Waals surface area contributed by atoms with Crippen LogP contribution in [0, 0.1) is 0 Å². The summed E-state index contributed by atoms with van der Waals surface area (Å²) in [6.45, 7) is 4.79. The minimum Gasteiger partial charge on any atom is -0.497 e. The lowest BCUT2D eigenvalue weighted by Crippen LogP contribution is -2.16. The van der Waals surface area contributed by atoms with Crippen molar-refractivity contribution < 1.29 is 18.8 Å². The molecule has 0 aliphatic heterocycles. The minimum absolute atomic E-state index is 0.0875. The van der Waals surface area contributed by atoms with Crippen molar-refractivity contribution in [3.05, 3.63) is 53.0 Å². The number of nitrogens with zero attached hydrogens (tertiary/aromatic N) is 3. The molecule has 0 N–H and O–H groups in total. The van der Waals surface area contributed by atoms with Gasteiger partial charge in [0.1, 0.15) is 5.75 Å². The first-order valence-electron chi connectivity index (χ1n) is 8.97. The Morgan fingerprint density at radius 2 is 2.11 bits per heavy atom. The molecule has 0 bridgehead atoms. The number of rotatable bonds is 5. The quantitative estimate of drug-likeness (QED) is 0.643. The van der Waals surface area contributed by atoms with E-state index in [1.165, 1.54) is 0 Å². The van der Waals surface area contributed by atoms with Crippen LogP contribution in [0.5, 0.6) is 5.75 Å². The molecule has 0 saturated heterocycles. The second-order valence-corrected chi connectivity index (χ2v) is 6.61. The topological polar surface area (TPSA) is 79.4 Å². The summed E-state index contributed by atoms with van der Waals surface area (Å²) in [6, 6.07) is 7.93. The molecule has 4 rings (SSSR count). The fraction of sp³-hybridized carbons (Fsp3) is 0.350. The summed E-state index contributed by atoms with van der Waals surface area (Å²) in [5, 5.41) is 8.52. The number of esters is 1. The summed E-state index contributed by atoms with van der Waals surface area (Å²) in [6.07, 6.45) is 2.54. The molecular formula is C20H21N3O4. The predicted octanol–water partition coefficient (Wildman–Crippen LogP) is 3.43. The molecule has 1 aromatic carbocycles. The Hall–Kier alpha value is -3.09. The number of hydrogen-bond donors (Lipinski definition) is 0. The van der Waals surface area contributed by atoms with Crippen LogP contribution in [0.1, 0.15) is 47.1 Å². The third kappa shape index (κ3) is 2.99. The van der Waals surface area contributed by atoms with Gasteiger partial charge in [0.2, 0.25) is 0 Å². The van der Waals surface area contributed by atoms with E-state index in [0.29, 0.717) is 18.9 Å². The number of fused-ring (bicyclic) bond motifs is 3. The van der Waals surface area contributed by atoms with Gasteiger partial charge in [0.15, 0.2) is 11.5 Å². The lowest BCUT2D eigenvalue weighted by atomic mass is 9.86. The first-order chi connectivity index (χ1) is 13.1. The SMILES string of the molecule is CCOC(=O)c1noc2c1C(C)Cc1c-2cnn1Cc1ccc(OC)cc1. The second kappa shape index (κ2) is 6.90. The van der Waals surface area contributed by atoms with Crippen molar-refractivity contribution in [1.82, 2.24) is 14.9 Å². The van der Waals surface area contributed by atoms with E-state index < -0.39 is 5.97 Å². The zero-order valence-corrected chi connectivity index (χ0v) is 15.6. The second-order valence-electron chi connectivity index (χ2n) is 6.61. The highest BCUT2D eigenvalue weighted by Crippen LogP contribution is 2.41. The largest absolute Gasteiger partial charge is 0.497 e. The maximum Gasteiger partial charge on any atom is 0.360 e. The summed E-state index contributed by atoms with van der Waals surface area (Å²) in [5.74, 6) is 1.09. The Morgan fingerprint density at radius 1 is 1.33 bits per heavy atom. The summed E-state index contributed by atoms with van der Waals surface area (Å²) in [5.41, 5.74) is 4.18. The van der Waals surface area contributed by atoms with Gasteiger partial charge in [-0.3, -0.25) is 4.68 Å². The van der Waals surface area contributed by atoms with Crippen molar-refractivity contribution in [2.24, 2.45) is 0 Å². The van der Waals surface area contributed by atoms with Gasteiger partial charge in [-0.05, 0) is 37.0 Å². The number of methoxy groups -OCH3 is 1. The minimum atomic E-state index is -0.441. The average Bonchev–Trinajstić information content (AvgIpc) is 3.28. The molecule has 1 atom stereocenters. The van der Waals surface area contributed by atoms with Crippen molar-refractivity contribution in [3.8, 4) is 17.1 Å². The molecule has 140 valence electrons. The van der Waals surface area contributed by atoms with Crippen molar-refractivity contribution >= 4 is 5.97 Å². The Balaban J connectivity index is 1.67. The van der Waals surface area contributed by atoms with Crippen LogP contribution < -0.4 is 4.74 Å². The van der Waals surface area contributed by atoms with Crippen molar-refractivity contribution in [1.29, 1.82) is 0 Å². The Labute approximate surface area is 156 Å². The summed E-state index contributed by atoms with van der Waals surface area (Å²) >= 11 is 0. The zero-order valence-electron chi connectivity index (χ0n) is 15.6. The third-order valence-corrected chi connectivity index (χ3v) is 4.87. The molecule has 27 heavy (non-hydrogen) atoms. The summed E-state index contributed by atoms with van der Waals surface area (Å²) in [4.78, 5) is 12.2. The van der Waals surface area contributed by atoms with Gasteiger partial charge < -0.3 is 14.0 Å². The van der Waals surface area contributed by atoms with Crippen LogP contribution in [0.2, 0.25) is 0 Å². The Kier molecular flexibility index (Phi) is 4.43. The first kappa shape index (κ1) is 17.3. The van der Waals surface area contributed by atoms with E-state index in [9.17, 15) is 4.79 Å². The lowest BCUT2D eigenvalue weighted by molar-refractivity contribution is 0.0513. The summed E-state index contributed by atoms with van der Waals surface area (Å²) < 4.78 is 17.8. The Morgan fingerprint density at radius 3 is 2.81 bits per heavy atom. The first-order valence-corrected chi connectivity index (χ1v) is 8.97. The van der Waals surface area contributed by atoms with E-state index in [4.69, 9.17) is 14.0 Å². The van der Waals surface area contributed by atoms with Gasteiger partial charge in [-0.2, -0.15) is 5.10 Å². The van der Waals surface area contributed by atoms with Gasteiger partial charge >= 0.3 is 5.97 Å². The zero-order chi connectivity index (χ0) is 19.0. The number of aromatic nitrogens is 3. The number of hydrogen-bond acceptors (Lipinski definition) is 6. The van der Waals surface area contributed by atoms with Gasteiger partial charge in [-0.1, -0.05) is 24.2 Å². The molecular weight excluding hydrogens is 346 g/mol. The van der Waals surface area contributed by atoms with E-state index in [1.807, 2.05) is 28.9 Å². The molecule has 3 aromatic rings. The van der Waals surface area contributed by atoms with Gasteiger partial charge in [0, 0.05) is 5.56 Å². The molecule has 1 aliphatic rings. The van der Waals surface area contributed by atoms with Crippen LogP contribution in [-0.2, 0) is 17.7 Å². The van der Waals surface area contributed by atoms with E-state index in [-0.39, 0.29) is 11.6 Å². The number of carbonyl (C=O) groups excluding carboxylic acids is 1. The van der Waals surface area contributed by atoms with E-state index in [0.717, 1.165) is 34.6 Å². The molecule has 0 radical (unpaired) electrons. The normalized spacial score (nSPS) is 15.1. The highest BCUT2D eigenvalue weighted by molar-refractivity contribution is 5.91. The van der Waals surface area contributed by atoms with Gasteiger partial charge in [-0.25, -0.2) is 4.79 Å². The highest BCUT2D eigenvalue weighted by atomic mass is 16.5. The average molecular weight is 367 g/mol. The lowest BCUT2D eigenvalue weighted by Gasteiger charge is -2.19. The van der Waals surface area contributed by atoms with Crippen molar-refractivity contribution in [2.45, 2.75) is 32.7 Å². The van der Waals surface area contributed by atoms with Crippen LogP contribution in [-0.4, -0.2) is 34.6 Å². The summed E-state index contributed by atoms with van der Waals surface area (Å²) in [7, 11) is 1.65. The number of ether oxygens (including phenoxy) is 2. The maximum absolute atomic E-state index is 12.2. The van der Waals surface area contributed by atoms with Crippen molar-refractivity contribution in [3.63, 3.8) is 0 Å². The molecule has 1 aliphatic carbocycles. The van der Waals surface area contributed by atoms with Gasteiger partial charge in [0.25, 0.3) is 0 Å². The van der Waals surface area contributed by atoms with E-state index >= 15 is 0 Å². The van der Waals surface area contributed by atoms with Gasteiger partial charge in [0.05, 0.1) is 37.7 Å². The van der Waals surface area contributed by atoms with Crippen LogP contribution in [0.3, 0.4) is 0 Å². The standard InChI is InChI=1S/C20H21N3O4/c1-4-26-20(24)18-17-12(2)9-16-15(19(17)27-22-18)10-21-23(16)11-13-5-7-14(25-3)8-6-13/h5-8,10,12H,4,9,11H2,1-3H3. The monoisotopic (exact) mass is 367 g/mol. The predicted molar refractivity (Wildman–Crippen MR) is 97.9 cm³/mol. The highest BCUT2D eigenvalue weighted by Gasteiger charge is 2.34. The molecule has 0 saturated carbocycles. The molecule has 2 heterocycles. The van der Waals surface area contributed by atoms with Gasteiger partial charge in [-0.15, -0.1) is 0 Å². The molecule has 0 spiro atoms. The maximum atomic E-state index is 12.2. The molecule has 0 fully saturated rings. The fourth-order valence-electron chi connectivity index (χ4n) is 3.54. The van der Waals surface area contributed by atoms with Crippen LogP contribution in [0.4, 0.5) is 0 Å².